The SMILES string of the molecule is CCc1ccc(/C=N\NC(=O)COc2cccc(F)c2)cc1. The van der Waals surface area contributed by atoms with Crippen LogP contribution in [0.25, 0.3) is 0 Å². The van der Waals surface area contributed by atoms with Crippen molar-refractivity contribution in [1.29, 1.82) is 0 Å². The molecule has 1 amide bonds. The highest BCUT2D eigenvalue weighted by Crippen LogP contribution is 2.11. The molecule has 4 nitrogen and oxygen atoms in total. The van der Waals surface area contributed by atoms with Crippen LogP contribution in [0.3, 0.4) is 0 Å². The van der Waals surface area contributed by atoms with Gasteiger partial charge in [0.2, 0.25) is 0 Å². The topological polar surface area (TPSA) is 50.7 Å². The molecule has 0 aliphatic rings. The number of hydrogen-bond donors (Lipinski definition) is 1. The van der Waals surface area contributed by atoms with Gasteiger partial charge < -0.3 is 4.74 Å². The third-order valence-corrected chi connectivity index (χ3v) is 2.96. The van der Waals surface area contributed by atoms with Crippen molar-refractivity contribution in [1.82, 2.24) is 5.43 Å². The first-order valence-corrected chi connectivity index (χ1v) is 6.96. The Morgan fingerprint density at radius 1 is 1.27 bits per heavy atom. The number of carbonyl (C=O) groups excluding carboxylic acids is 1. The van der Waals surface area contributed by atoms with Gasteiger partial charge in [0.15, 0.2) is 6.61 Å². The molecule has 0 bridgehead atoms. The summed E-state index contributed by atoms with van der Waals surface area (Å²) in [6, 6.07) is 13.5. The van der Waals surface area contributed by atoms with Crippen LogP contribution in [0.1, 0.15) is 18.1 Å². The van der Waals surface area contributed by atoms with Crippen LogP contribution in [0.15, 0.2) is 53.6 Å². The number of rotatable bonds is 6. The first kappa shape index (κ1) is 15.7. The normalized spacial score (nSPS) is 10.6. The molecule has 0 saturated heterocycles. The van der Waals surface area contributed by atoms with E-state index < -0.39 is 11.7 Å². The molecule has 0 atom stereocenters. The molecule has 0 spiro atoms. The summed E-state index contributed by atoms with van der Waals surface area (Å²) in [7, 11) is 0. The maximum Gasteiger partial charge on any atom is 0.277 e. The Morgan fingerprint density at radius 2 is 2.05 bits per heavy atom. The molecule has 22 heavy (non-hydrogen) atoms. The Hall–Kier alpha value is -2.69. The lowest BCUT2D eigenvalue weighted by molar-refractivity contribution is -0.123. The first-order chi connectivity index (χ1) is 10.7. The quantitative estimate of drug-likeness (QED) is 0.659. The second-order valence-corrected chi connectivity index (χ2v) is 4.63. The van der Waals surface area contributed by atoms with E-state index in [4.69, 9.17) is 4.74 Å². The number of benzene rings is 2. The Labute approximate surface area is 128 Å². The number of hydrazone groups is 1. The highest BCUT2D eigenvalue weighted by atomic mass is 19.1. The Morgan fingerprint density at radius 3 is 2.73 bits per heavy atom. The standard InChI is InChI=1S/C17H17FN2O2/c1-2-13-6-8-14(9-7-13)11-19-20-17(21)12-22-16-5-3-4-15(18)10-16/h3-11H,2,12H2,1H3,(H,20,21)/b19-11-. The number of hydrogen-bond acceptors (Lipinski definition) is 3. The molecule has 0 aliphatic heterocycles. The van der Waals surface area contributed by atoms with E-state index in [0.29, 0.717) is 5.75 Å². The van der Waals surface area contributed by atoms with Crippen LogP contribution in [0, 0.1) is 5.82 Å². The molecule has 0 radical (unpaired) electrons. The summed E-state index contributed by atoms with van der Waals surface area (Å²) in [5, 5.41) is 3.85. The molecule has 114 valence electrons. The second kappa shape index (κ2) is 7.93. The fraction of sp³-hybridized carbons (Fsp3) is 0.176. The zero-order chi connectivity index (χ0) is 15.8. The molecule has 5 heteroatoms. The lowest BCUT2D eigenvalue weighted by Gasteiger charge is -2.04. The molecule has 1 N–H and O–H groups in total. The van der Waals surface area contributed by atoms with Gasteiger partial charge in [0.25, 0.3) is 5.91 Å². The average Bonchev–Trinajstić information content (AvgIpc) is 2.54. The van der Waals surface area contributed by atoms with Gasteiger partial charge in [0, 0.05) is 6.07 Å². The third kappa shape index (κ3) is 5.01. The molecule has 2 aromatic carbocycles. The zero-order valence-electron chi connectivity index (χ0n) is 12.3. The lowest BCUT2D eigenvalue weighted by Crippen LogP contribution is -2.24. The summed E-state index contributed by atoms with van der Waals surface area (Å²) in [6.07, 6.45) is 2.53. The van der Waals surface area contributed by atoms with E-state index in [9.17, 15) is 9.18 Å². The number of aryl methyl sites for hydroxylation is 1. The first-order valence-electron chi connectivity index (χ1n) is 6.96. The van der Waals surface area contributed by atoms with Crippen molar-refractivity contribution >= 4 is 12.1 Å². The fourth-order valence-electron chi connectivity index (χ4n) is 1.76. The predicted octanol–water partition coefficient (Wildman–Crippen LogP) is 2.92. The average molecular weight is 300 g/mol. The van der Waals surface area contributed by atoms with Crippen LogP contribution in [0.4, 0.5) is 4.39 Å². The lowest BCUT2D eigenvalue weighted by atomic mass is 10.1. The zero-order valence-corrected chi connectivity index (χ0v) is 12.3. The molecule has 0 unspecified atom stereocenters. The van der Waals surface area contributed by atoms with E-state index in [0.717, 1.165) is 12.0 Å². The minimum absolute atomic E-state index is 0.227. The number of halogens is 1. The Kier molecular flexibility index (Phi) is 5.65. The van der Waals surface area contributed by atoms with Gasteiger partial charge in [-0.1, -0.05) is 37.3 Å². The molecule has 2 rings (SSSR count). The van der Waals surface area contributed by atoms with Gasteiger partial charge in [-0.2, -0.15) is 5.10 Å². The van der Waals surface area contributed by atoms with Crippen LogP contribution in [0.5, 0.6) is 5.75 Å². The van der Waals surface area contributed by atoms with Gasteiger partial charge in [-0.3, -0.25) is 4.79 Å². The predicted molar refractivity (Wildman–Crippen MR) is 83.5 cm³/mol. The van der Waals surface area contributed by atoms with Gasteiger partial charge in [-0.05, 0) is 29.7 Å². The van der Waals surface area contributed by atoms with Gasteiger partial charge in [-0.25, -0.2) is 9.82 Å². The fourth-order valence-corrected chi connectivity index (χ4v) is 1.76. The van der Waals surface area contributed by atoms with E-state index in [1.807, 2.05) is 24.3 Å². The van der Waals surface area contributed by atoms with Gasteiger partial charge in [0.05, 0.1) is 6.21 Å². The molecular weight excluding hydrogens is 283 g/mol. The summed E-state index contributed by atoms with van der Waals surface area (Å²) in [5.41, 5.74) is 4.49. The van der Waals surface area contributed by atoms with Crippen LogP contribution in [-0.4, -0.2) is 18.7 Å². The number of ether oxygens (including phenoxy) is 1. The van der Waals surface area contributed by atoms with Crippen molar-refractivity contribution < 1.29 is 13.9 Å². The van der Waals surface area contributed by atoms with E-state index in [-0.39, 0.29) is 6.61 Å². The molecule has 2 aromatic rings. The maximum atomic E-state index is 12.9. The molecular formula is C17H17FN2O2. The van der Waals surface area contributed by atoms with Crippen molar-refractivity contribution in [2.75, 3.05) is 6.61 Å². The third-order valence-electron chi connectivity index (χ3n) is 2.96. The van der Waals surface area contributed by atoms with Crippen molar-refractivity contribution in [2.24, 2.45) is 5.10 Å². The van der Waals surface area contributed by atoms with Crippen molar-refractivity contribution in [3.05, 3.63) is 65.5 Å². The molecule has 0 saturated carbocycles. The van der Waals surface area contributed by atoms with Crippen LogP contribution < -0.4 is 10.2 Å². The number of amides is 1. The second-order valence-electron chi connectivity index (χ2n) is 4.63. The minimum Gasteiger partial charge on any atom is -0.484 e. The smallest absolute Gasteiger partial charge is 0.277 e. The molecule has 0 aliphatic carbocycles. The van der Waals surface area contributed by atoms with Crippen molar-refractivity contribution in [2.45, 2.75) is 13.3 Å². The van der Waals surface area contributed by atoms with E-state index >= 15 is 0 Å². The maximum absolute atomic E-state index is 12.9. The van der Waals surface area contributed by atoms with Crippen molar-refractivity contribution in [3.8, 4) is 5.75 Å². The van der Waals surface area contributed by atoms with Gasteiger partial charge >= 0.3 is 0 Å². The molecule has 0 fully saturated rings. The minimum atomic E-state index is -0.411. The molecule has 0 heterocycles. The number of carbonyl (C=O) groups is 1. The van der Waals surface area contributed by atoms with Crippen LogP contribution in [-0.2, 0) is 11.2 Å². The van der Waals surface area contributed by atoms with Gasteiger partial charge in [-0.15, -0.1) is 0 Å². The van der Waals surface area contributed by atoms with Crippen LogP contribution in [0.2, 0.25) is 0 Å². The summed E-state index contributed by atoms with van der Waals surface area (Å²) >= 11 is 0. The van der Waals surface area contributed by atoms with Gasteiger partial charge in [0.1, 0.15) is 11.6 Å². The Balaban J connectivity index is 1.78. The largest absolute Gasteiger partial charge is 0.484 e. The van der Waals surface area contributed by atoms with E-state index in [1.54, 1.807) is 12.3 Å². The monoisotopic (exact) mass is 300 g/mol. The summed E-state index contributed by atoms with van der Waals surface area (Å²) in [4.78, 5) is 11.5. The summed E-state index contributed by atoms with van der Waals surface area (Å²) < 4.78 is 18.1. The number of nitrogens with one attached hydrogen (secondary N) is 1. The Bertz CT molecular complexity index is 654. The summed E-state index contributed by atoms with van der Waals surface area (Å²) in [6.45, 7) is 1.86. The van der Waals surface area contributed by atoms with E-state index in [2.05, 4.69) is 17.5 Å². The highest BCUT2D eigenvalue weighted by molar-refractivity contribution is 5.82. The highest BCUT2D eigenvalue weighted by Gasteiger charge is 2.02. The van der Waals surface area contributed by atoms with E-state index in [1.165, 1.54) is 23.8 Å². The number of nitrogens with zero attached hydrogens (tertiary/aromatic N) is 1. The summed E-state index contributed by atoms with van der Waals surface area (Å²) in [5.74, 6) is -0.522. The van der Waals surface area contributed by atoms with Crippen LogP contribution >= 0.6 is 0 Å². The van der Waals surface area contributed by atoms with Crippen molar-refractivity contribution in [3.63, 3.8) is 0 Å². The molecule has 0 aromatic heterocycles.